The second-order valence-corrected chi connectivity index (χ2v) is 3.61. The van der Waals surface area contributed by atoms with Crippen molar-refractivity contribution in [2.75, 3.05) is 0 Å². The predicted octanol–water partition coefficient (Wildman–Crippen LogP) is 3.99. The number of benzene rings is 1. The number of aryl methyl sites for hydroxylation is 2. The van der Waals surface area contributed by atoms with Crippen LogP contribution in [0.5, 0.6) is 0 Å². The lowest BCUT2D eigenvalue weighted by atomic mass is 10.0. The first-order valence-corrected chi connectivity index (χ1v) is 4.87. The third-order valence-electron chi connectivity index (χ3n) is 2.11. The second kappa shape index (κ2) is 4.51. The quantitative estimate of drug-likeness (QED) is 0.663. The van der Waals surface area contributed by atoms with E-state index in [0.29, 0.717) is 0 Å². The van der Waals surface area contributed by atoms with Crippen molar-refractivity contribution in [1.29, 1.82) is 0 Å². The van der Waals surface area contributed by atoms with Gasteiger partial charge in [0.1, 0.15) is 0 Å². The Kier molecular flexibility index (Phi) is 3.61. The van der Waals surface area contributed by atoms with Gasteiger partial charge in [-0.2, -0.15) is 0 Å². The zero-order chi connectivity index (χ0) is 8.97. The molecule has 0 unspecified atom stereocenters. The molecule has 0 saturated carbocycles. The third kappa shape index (κ3) is 2.53. The number of unbranched alkanes of at least 4 members (excludes halogenated alkanes) is 1. The molecule has 0 N–H and O–H groups in total. The van der Waals surface area contributed by atoms with Crippen LogP contribution in [0.1, 0.15) is 30.9 Å². The van der Waals surface area contributed by atoms with E-state index in [0.717, 1.165) is 11.4 Å². The minimum Gasteiger partial charge on any atom is -0.0843 e. The standard InChI is InChI=1S/C11H15Cl/c1-3-4-5-10-8-11(12)7-6-9(10)2/h6-8H,3-5H2,1-2H3. The highest BCUT2D eigenvalue weighted by Gasteiger charge is 1.97. The molecule has 0 aliphatic rings. The van der Waals surface area contributed by atoms with Gasteiger partial charge in [-0.05, 0) is 43.0 Å². The Bertz CT molecular complexity index is 253. The van der Waals surface area contributed by atoms with Crippen LogP contribution in [0, 0.1) is 6.92 Å². The first kappa shape index (κ1) is 9.60. The highest BCUT2D eigenvalue weighted by molar-refractivity contribution is 6.30. The SMILES string of the molecule is CCCCc1cc(Cl)ccc1C. The van der Waals surface area contributed by atoms with Crippen molar-refractivity contribution >= 4 is 11.6 Å². The summed E-state index contributed by atoms with van der Waals surface area (Å²) in [5, 5.41) is 0.853. The van der Waals surface area contributed by atoms with Crippen LogP contribution in [0.2, 0.25) is 5.02 Å². The Labute approximate surface area is 79.6 Å². The van der Waals surface area contributed by atoms with Crippen LogP contribution in [0.25, 0.3) is 0 Å². The van der Waals surface area contributed by atoms with Crippen LogP contribution >= 0.6 is 11.6 Å². The molecular formula is C11H15Cl. The predicted molar refractivity (Wildman–Crippen MR) is 54.8 cm³/mol. The van der Waals surface area contributed by atoms with E-state index in [1.165, 1.54) is 24.0 Å². The molecule has 0 aromatic heterocycles. The van der Waals surface area contributed by atoms with Gasteiger partial charge in [-0.25, -0.2) is 0 Å². The molecule has 66 valence electrons. The molecule has 1 aromatic rings. The van der Waals surface area contributed by atoms with E-state index in [-0.39, 0.29) is 0 Å². The van der Waals surface area contributed by atoms with Crippen molar-refractivity contribution in [1.82, 2.24) is 0 Å². The molecule has 0 spiro atoms. The summed E-state index contributed by atoms with van der Waals surface area (Å²) in [5.41, 5.74) is 2.75. The summed E-state index contributed by atoms with van der Waals surface area (Å²) in [6.45, 7) is 4.35. The molecule has 1 aromatic carbocycles. The average molecular weight is 183 g/mol. The summed E-state index contributed by atoms with van der Waals surface area (Å²) in [5.74, 6) is 0. The van der Waals surface area contributed by atoms with Crippen molar-refractivity contribution < 1.29 is 0 Å². The first-order chi connectivity index (χ1) is 5.74. The normalized spacial score (nSPS) is 10.2. The van der Waals surface area contributed by atoms with Crippen LogP contribution in [0.3, 0.4) is 0 Å². The fourth-order valence-electron chi connectivity index (χ4n) is 1.28. The maximum absolute atomic E-state index is 5.90. The lowest BCUT2D eigenvalue weighted by Crippen LogP contribution is -1.88. The summed E-state index contributed by atoms with van der Waals surface area (Å²) >= 11 is 5.90. The number of halogens is 1. The van der Waals surface area contributed by atoms with E-state index in [1.54, 1.807) is 0 Å². The Morgan fingerprint density at radius 2 is 2.08 bits per heavy atom. The monoisotopic (exact) mass is 182 g/mol. The summed E-state index contributed by atoms with van der Waals surface area (Å²) in [4.78, 5) is 0. The molecule has 0 bridgehead atoms. The Balaban J connectivity index is 2.75. The van der Waals surface area contributed by atoms with Crippen LogP contribution in [-0.4, -0.2) is 0 Å². The molecule has 0 aliphatic carbocycles. The van der Waals surface area contributed by atoms with Crippen LogP contribution in [0.15, 0.2) is 18.2 Å². The molecule has 1 rings (SSSR count). The van der Waals surface area contributed by atoms with Gasteiger partial charge in [0.15, 0.2) is 0 Å². The molecule has 0 aliphatic heterocycles. The molecule has 0 radical (unpaired) electrons. The molecule has 0 atom stereocenters. The Hall–Kier alpha value is -0.490. The van der Waals surface area contributed by atoms with Crippen molar-refractivity contribution in [3.63, 3.8) is 0 Å². The van der Waals surface area contributed by atoms with Crippen molar-refractivity contribution in [3.8, 4) is 0 Å². The zero-order valence-electron chi connectivity index (χ0n) is 7.73. The van der Waals surface area contributed by atoms with E-state index in [4.69, 9.17) is 11.6 Å². The molecule has 1 heteroatoms. The lowest BCUT2D eigenvalue weighted by molar-refractivity contribution is 0.791. The van der Waals surface area contributed by atoms with Crippen molar-refractivity contribution in [3.05, 3.63) is 34.3 Å². The van der Waals surface area contributed by atoms with E-state index in [9.17, 15) is 0 Å². The van der Waals surface area contributed by atoms with Gasteiger partial charge in [0.25, 0.3) is 0 Å². The molecule has 0 amide bonds. The average Bonchev–Trinajstić information content (AvgIpc) is 2.07. The van der Waals surface area contributed by atoms with Crippen molar-refractivity contribution in [2.45, 2.75) is 33.1 Å². The van der Waals surface area contributed by atoms with E-state index in [2.05, 4.69) is 26.0 Å². The minimum absolute atomic E-state index is 0.853. The van der Waals surface area contributed by atoms with E-state index in [1.807, 2.05) is 6.07 Å². The maximum atomic E-state index is 5.90. The summed E-state index contributed by atoms with van der Waals surface area (Å²) in [6, 6.07) is 6.12. The van der Waals surface area contributed by atoms with Gasteiger partial charge in [0, 0.05) is 5.02 Å². The lowest BCUT2D eigenvalue weighted by Gasteiger charge is -2.04. The second-order valence-electron chi connectivity index (χ2n) is 3.17. The molecule has 0 saturated heterocycles. The third-order valence-corrected chi connectivity index (χ3v) is 2.35. The fourth-order valence-corrected chi connectivity index (χ4v) is 1.47. The largest absolute Gasteiger partial charge is 0.0843 e. The van der Waals surface area contributed by atoms with E-state index >= 15 is 0 Å². The Morgan fingerprint density at radius 3 is 2.75 bits per heavy atom. The van der Waals surface area contributed by atoms with Crippen LogP contribution in [-0.2, 0) is 6.42 Å². The molecule has 0 nitrogen and oxygen atoms in total. The Morgan fingerprint density at radius 1 is 1.33 bits per heavy atom. The number of rotatable bonds is 3. The zero-order valence-corrected chi connectivity index (χ0v) is 8.49. The molecule has 0 heterocycles. The molecule has 12 heavy (non-hydrogen) atoms. The van der Waals surface area contributed by atoms with Gasteiger partial charge in [-0.15, -0.1) is 0 Å². The first-order valence-electron chi connectivity index (χ1n) is 4.49. The fraction of sp³-hybridized carbons (Fsp3) is 0.455. The summed E-state index contributed by atoms with van der Waals surface area (Å²) < 4.78 is 0. The van der Waals surface area contributed by atoms with Gasteiger partial charge in [-0.1, -0.05) is 31.0 Å². The van der Waals surface area contributed by atoms with Gasteiger partial charge >= 0.3 is 0 Å². The highest BCUT2D eigenvalue weighted by atomic mass is 35.5. The number of hydrogen-bond acceptors (Lipinski definition) is 0. The summed E-state index contributed by atoms with van der Waals surface area (Å²) in [7, 11) is 0. The van der Waals surface area contributed by atoms with Gasteiger partial charge in [0.05, 0.1) is 0 Å². The molecular weight excluding hydrogens is 168 g/mol. The summed E-state index contributed by atoms with van der Waals surface area (Å²) in [6.07, 6.45) is 3.65. The minimum atomic E-state index is 0.853. The van der Waals surface area contributed by atoms with Crippen LogP contribution < -0.4 is 0 Å². The van der Waals surface area contributed by atoms with Crippen LogP contribution in [0.4, 0.5) is 0 Å². The van der Waals surface area contributed by atoms with Gasteiger partial charge in [-0.3, -0.25) is 0 Å². The van der Waals surface area contributed by atoms with Gasteiger partial charge in [0.2, 0.25) is 0 Å². The topological polar surface area (TPSA) is 0 Å². The van der Waals surface area contributed by atoms with Crippen molar-refractivity contribution in [2.24, 2.45) is 0 Å². The smallest absolute Gasteiger partial charge is 0.0408 e. The highest BCUT2D eigenvalue weighted by Crippen LogP contribution is 2.17. The maximum Gasteiger partial charge on any atom is 0.0408 e. The van der Waals surface area contributed by atoms with E-state index < -0.39 is 0 Å². The molecule has 0 fully saturated rings. The number of hydrogen-bond donors (Lipinski definition) is 0. The van der Waals surface area contributed by atoms with Gasteiger partial charge < -0.3 is 0 Å².